The second kappa shape index (κ2) is 22.0. The van der Waals surface area contributed by atoms with Crippen LogP contribution in [0.5, 0.6) is 0 Å². The molecule has 0 radical (unpaired) electrons. The van der Waals surface area contributed by atoms with Gasteiger partial charge in [-0.25, -0.2) is 33.4 Å². The number of carbonyl (C=O) groups is 4. The Balaban J connectivity index is 1.15. The minimum absolute atomic E-state index is 0.0245. The molecule has 4 rings (SSSR count). The van der Waals surface area contributed by atoms with Crippen molar-refractivity contribution in [1.29, 1.82) is 0 Å². The molecule has 4 heterocycles. The molecule has 10 N–H and O–H groups in total. The van der Waals surface area contributed by atoms with Crippen molar-refractivity contribution in [2.75, 3.05) is 69.7 Å². The molecule has 64 heavy (non-hydrogen) atoms. The molecular weight excluding hydrogens is 939 g/mol. The van der Waals surface area contributed by atoms with Gasteiger partial charge in [0.2, 0.25) is 17.7 Å². The quantitative estimate of drug-likeness (QED) is 0.0547. The maximum Gasteiger partial charge on any atom is 0.481 e. The number of nitrogens with one attached hydrogen (secondary N) is 2. The van der Waals surface area contributed by atoms with Crippen LogP contribution in [0.25, 0.3) is 11.2 Å². The Morgan fingerprint density at radius 2 is 1.59 bits per heavy atom. The van der Waals surface area contributed by atoms with Crippen molar-refractivity contribution in [3.8, 4) is 0 Å². The molecule has 2 saturated heterocycles. The summed E-state index contributed by atoms with van der Waals surface area (Å²) in [5.41, 5.74) is 3.62. The number of aliphatic hydroxyl groups is 2. The van der Waals surface area contributed by atoms with E-state index >= 15 is 0 Å². The third-order valence-corrected chi connectivity index (χ3v) is 13.2. The number of anilines is 1. The van der Waals surface area contributed by atoms with Gasteiger partial charge < -0.3 is 65.4 Å². The lowest BCUT2D eigenvalue weighted by Crippen LogP contribution is -2.52. The highest BCUT2D eigenvalue weighted by Gasteiger charge is 2.50. The summed E-state index contributed by atoms with van der Waals surface area (Å²) in [6.45, 7) is 7.24. The van der Waals surface area contributed by atoms with Crippen molar-refractivity contribution in [2.45, 2.75) is 77.3 Å². The topological polar surface area (TPSA) is 396 Å². The fraction of sp³-hybridized carbons (Fsp3) is 0.719. The molecule has 0 saturated carbocycles. The number of piperazine rings is 1. The molecule has 32 heteroatoms. The molecule has 0 aromatic carbocycles. The first-order valence-electron chi connectivity index (χ1n) is 19.3. The fourth-order valence-corrected chi connectivity index (χ4v) is 9.49. The number of carbonyl (C=O) groups excluding carboxylic acids is 4. The molecule has 2 aliphatic heterocycles. The smallest absolute Gasteiger partial charge is 0.444 e. The van der Waals surface area contributed by atoms with E-state index in [0.29, 0.717) is 31.9 Å². The number of hydrogen-bond acceptors (Lipinski definition) is 20. The van der Waals surface area contributed by atoms with Crippen LogP contribution in [0.4, 0.5) is 10.6 Å². The summed E-state index contributed by atoms with van der Waals surface area (Å²) in [6, 6.07) is 0. The molecule has 0 bridgehead atoms. The lowest BCUT2D eigenvalue weighted by molar-refractivity contribution is -0.137. The van der Waals surface area contributed by atoms with Gasteiger partial charge in [0, 0.05) is 56.9 Å². The van der Waals surface area contributed by atoms with Gasteiger partial charge >= 0.3 is 29.6 Å². The van der Waals surface area contributed by atoms with Crippen LogP contribution in [-0.2, 0) is 55.4 Å². The lowest BCUT2D eigenvalue weighted by Gasteiger charge is -2.35. The Morgan fingerprint density at radius 1 is 0.953 bits per heavy atom. The molecule has 0 spiro atoms. The number of fused-ring (bicyclic) bond motifs is 1. The Morgan fingerprint density at radius 3 is 2.23 bits per heavy atom. The minimum atomic E-state index is -5.59. The van der Waals surface area contributed by atoms with Gasteiger partial charge in [-0.2, -0.15) is 16.1 Å². The lowest BCUT2D eigenvalue weighted by atomic mass is 9.87. The first-order chi connectivity index (χ1) is 29.6. The summed E-state index contributed by atoms with van der Waals surface area (Å²) < 4.78 is 67.7. The van der Waals surface area contributed by atoms with E-state index in [2.05, 4.69) is 34.4 Å². The summed E-state index contributed by atoms with van der Waals surface area (Å²) in [4.78, 5) is 104. The Bertz CT molecular complexity index is 2120. The average molecular weight is 994 g/mol. The van der Waals surface area contributed by atoms with Gasteiger partial charge in [-0.05, 0) is 20.8 Å². The number of phosphoric ester groups is 3. The number of thioether (sulfide) groups is 1. The van der Waals surface area contributed by atoms with Crippen LogP contribution >= 0.6 is 35.2 Å². The number of imidazole rings is 1. The third-order valence-electron chi connectivity index (χ3n) is 9.16. The average Bonchev–Trinajstić information content (AvgIpc) is 3.75. The molecule has 0 aliphatic carbocycles. The molecule has 2 aliphatic rings. The number of rotatable bonds is 21. The molecule has 4 amide bonds. The number of nitrogen functional groups attached to an aromatic ring is 1. The SMILES string of the molecule is CC(C)(C)OC(=O)N1CCN(C(=O)CSCCNC(=O)CCNC(=O)[C@H](O)C(C)(C)COP(=O)(O)OP(=O)(O)OC[C@H]2O[C@@H](n3cnc4c(N)ncnc43)[C@H](O)[C@@H]2OP(=O)(O)O)CC1. The van der Waals surface area contributed by atoms with Crippen molar-refractivity contribution in [1.82, 2.24) is 40.0 Å². The normalized spacial score (nSPS) is 22.1. The highest BCUT2D eigenvalue weighted by molar-refractivity contribution is 7.99. The highest BCUT2D eigenvalue weighted by atomic mass is 32.2. The van der Waals surface area contributed by atoms with Gasteiger partial charge in [0.05, 0.1) is 25.3 Å². The van der Waals surface area contributed by atoms with Crippen LogP contribution in [0.2, 0.25) is 0 Å². The molecule has 2 aromatic rings. The third kappa shape index (κ3) is 15.9. The summed E-state index contributed by atoms with van der Waals surface area (Å²) >= 11 is 1.31. The first kappa shape index (κ1) is 53.2. The molecule has 2 aromatic heterocycles. The van der Waals surface area contributed by atoms with Gasteiger partial charge in [0.1, 0.15) is 41.9 Å². The predicted molar refractivity (Wildman–Crippen MR) is 221 cm³/mol. The van der Waals surface area contributed by atoms with Crippen LogP contribution in [0.3, 0.4) is 0 Å². The van der Waals surface area contributed by atoms with E-state index in [0.717, 1.165) is 17.2 Å². The number of ether oxygens (including phenoxy) is 2. The fourth-order valence-electron chi connectivity index (χ4n) is 5.92. The first-order valence-corrected chi connectivity index (χ1v) is 25.0. The standard InChI is InChI=1S/C32H54N9O19P3S/c1-31(2,3)58-30(47)40-11-9-39(10-12-40)21(43)15-64-13-8-34-20(42)6-7-35-28(46)25(45)32(4,5)16-56-63(53,54)60-62(51,52)55-14-19-24(59-61(48,49)50)23(44)29(57-19)41-18-38-22-26(33)36-17-37-27(22)41/h17-19,23-25,29,44-45H,6-16H2,1-5H3,(H,34,42)(H,35,46)(H,51,52)(H,53,54)(H2,33,36,37)(H2,48,49,50)/t19-,23-,24-,25+,29-/m1/s1. The van der Waals surface area contributed by atoms with Crippen LogP contribution < -0.4 is 16.4 Å². The molecule has 362 valence electrons. The zero-order valence-electron chi connectivity index (χ0n) is 35.3. The Labute approximate surface area is 370 Å². The van der Waals surface area contributed by atoms with E-state index in [-0.39, 0.29) is 48.2 Å². The Hall–Kier alpha value is -3.37. The predicted octanol–water partition coefficient (Wildman–Crippen LogP) is -0.783. The number of hydrogen-bond donors (Lipinski definition) is 9. The highest BCUT2D eigenvalue weighted by Crippen LogP contribution is 2.61. The number of nitrogens with zero attached hydrogens (tertiary/aromatic N) is 6. The molecule has 7 atom stereocenters. The summed E-state index contributed by atoms with van der Waals surface area (Å²) in [5, 5.41) is 26.5. The number of amides is 4. The number of aliphatic hydroxyl groups excluding tert-OH is 2. The van der Waals surface area contributed by atoms with Crippen molar-refractivity contribution < 1.29 is 90.0 Å². The number of aromatic nitrogens is 4. The van der Waals surface area contributed by atoms with Crippen LogP contribution in [0.15, 0.2) is 12.7 Å². The molecule has 2 fully saturated rings. The van der Waals surface area contributed by atoms with E-state index in [4.69, 9.17) is 24.3 Å². The number of phosphoric acid groups is 3. The van der Waals surface area contributed by atoms with Gasteiger partial charge in [0.15, 0.2) is 17.7 Å². The van der Waals surface area contributed by atoms with Crippen molar-refractivity contribution in [3.63, 3.8) is 0 Å². The van der Waals surface area contributed by atoms with E-state index in [9.17, 15) is 62.7 Å². The number of nitrogens with two attached hydrogens (primary N) is 1. The van der Waals surface area contributed by atoms with Crippen molar-refractivity contribution >= 4 is 76.0 Å². The minimum Gasteiger partial charge on any atom is -0.444 e. The molecule has 2 unspecified atom stereocenters. The van der Waals surface area contributed by atoms with E-state index < -0.39 is 96.2 Å². The zero-order chi connectivity index (χ0) is 47.8. The summed E-state index contributed by atoms with van der Waals surface area (Å²) in [5.74, 6) is -0.999. The van der Waals surface area contributed by atoms with Gasteiger partial charge in [-0.3, -0.25) is 32.5 Å². The monoisotopic (exact) mass is 993 g/mol. The summed E-state index contributed by atoms with van der Waals surface area (Å²) in [7, 11) is -16.4. The maximum atomic E-state index is 12.7. The second-order valence-corrected chi connectivity index (χ2v) is 21.3. The van der Waals surface area contributed by atoms with E-state index in [1.54, 1.807) is 30.6 Å². The van der Waals surface area contributed by atoms with Gasteiger partial charge in [-0.15, -0.1) is 0 Å². The second-order valence-electron chi connectivity index (χ2n) is 16.0. The maximum absolute atomic E-state index is 12.7. The zero-order valence-corrected chi connectivity index (χ0v) is 38.8. The van der Waals surface area contributed by atoms with E-state index in [1.165, 1.54) is 25.6 Å². The molecular formula is C32H54N9O19P3S. The van der Waals surface area contributed by atoms with Crippen LogP contribution in [0.1, 0.15) is 47.3 Å². The van der Waals surface area contributed by atoms with Crippen molar-refractivity contribution in [3.05, 3.63) is 12.7 Å². The molecule has 28 nitrogen and oxygen atoms in total. The van der Waals surface area contributed by atoms with Crippen LogP contribution in [-0.4, -0.2) is 177 Å². The largest absolute Gasteiger partial charge is 0.481 e. The van der Waals surface area contributed by atoms with Crippen LogP contribution in [0, 0.1) is 5.41 Å². The van der Waals surface area contributed by atoms with Gasteiger partial charge in [-0.1, -0.05) is 13.8 Å². The van der Waals surface area contributed by atoms with Crippen molar-refractivity contribution in [2.24, 2.45) is 5.41 Å². The summed E-state index contributed by atoms with van der Waals surface area (Å²) in [6.07, 6.45) is -7.43. The van der Waals surface area contributed by atoms with Gasteiger partial charge in [0.25, 0.3) is 0 Å². The van der Waals surface area contributed by atoms with E-state index in [1.807, 2.05) is 0 Å². The Kier molecular flexibility index (Phi) is 18.3.